The van der Waals surface area contributed by atoms with Crippen LogP contribution in [-0.4, -0.2) is 23.4 Å². The molecule has 0 aliphatic carbocycles. The van der Waals surface area contributed by atoms with Gasteiger partial charge in [-0.3, -0.25) is 4.79 Å². The van der Waals surface area contributed by atoms with E-state index >= 15 is 0 Å². The highest BCUT2D eigenvalue weighted by Gasteiger charge is 2.02. The minimum Gasteiger partial charge on any atom is -0.480 e. The van der Waals surface area contributed by atoms with Gasteiger partial charge in [0.2, 0.25) is 5.88 Å². The maximum absolute atomic E-state index is 11.7. The largest absolute Gasteiger partial charge is 0.480 e. The fourth-order valence-corrected chi connectivity index (χ4v) is 1.73. The van der Waals surface area contributed by atoms with Crippen molar-refractivity contribution < 1.29 is 4.74 Å². The lowest BCUT2D eigenvalue weighted by molar-refractivity contribution is 0.379. The summed E-state index contributed by atoms with van der Waals surface area (Å²) in [6, 6.07) is 10.6. The first kappa shape index (κ1) is 13.8. The molecule has 2 aromatic rings. The average Bonchev–Trinajstić information content (AvgIpc) is 2.48. The molecule has 5 nitrogen and oxygen atoms in total. The molecular weight excluding hydrogens is 254 g/mol. The quantitative estimate of drug-likeness (QED) is 0.829. The number of methoxy groups -OCH3 is 1. The third-order valence-electron chi connectivity index (χ3n) is 2.65. The molecule has 0 saturated carbocycles. The minimum atomic E-state index is -0.177. The fourth-order valence-electron chi connectivity index (χ4n) is 1.73. The Hall–Kier alpha value is -2.58. The standard InChI is InChI=1S/C15H15N3O2/c1-20-14-7-8-15(19)18(17-14)11-13-5-2-4-12(10-13)6-3-9-16/h2,4-5,7-8,10H,9,11,16H2,1H3. The molecule has 0 unspecified atom stereocenters. The highest BCUT2D eigenvalue weighted by atomic mass is 16.5. The predicted octanol–water partition coefficient (Wildman–Crippen LogP) is 0.610. The van der Waals surface area contributed by atoms with E-state index in [1.54, 1.807) is 6.07 Å². The summed E-state index contributed by atoms with van der Waals surface area (Å²) < 4.78 is 6.37. The molecule has 102 valence electrons. The molecule has 2 N–H and O–H groups in total. The molecule has 20 heavy (non-hydrogen) atoms. The van der Waals surface area contributed by atoms with Crippen LogP contribution < -0.4 is 16.0 Å². The summed E-state index contributed by atoms with van der Waals surface area (Å²) in [5, 5.41) is 4.10. The third-order valence-corrected chi connectivity index (χ3v) is 2.65. The number of benzene rings is 1. The van der Waals surface area contributed by atoms with Gasteiger partial charge in [0.05, 0.1) is 20.2 Å². The predicted molar refractivity (Wildman–Crippen MR) is 76.5 cm³/mol. The second-order valence-electron chi connectivity index (χ2n) is 4.08. The van der Waals surface area contributed by atoms with E-state index in [1.165, 1.54) is 17.9 Å². The third kappa shape index (κ3) is 3.46. The van der Waals surface area contributed by atoms with Gasteiger partial charge >= 0.3 is 0 Å². The first-order chi connectivity index (χ1) is 9.72. The summed E-state index contributed by atoms with van der Waals surface area (Å²) in [5.74, 6) is 6.17. The first-order valence-electron chi connectivity index (χ1n) is 6.13. The average molecular weight is 269 g/mol. The molecule has 1 aromatic carbocycles. The van der Waals surface area contributed by atoms with Gasteiger partial charge in [0, 0.05) is 17.7 Å². The molecule has 0 atom stereocenters. The van der Waals surface area contributed by atoms with Crippen molar-refractivity contribution in [3.8, 4) is 17.7 Å². The zero-order valence-corrected chi connectivity index (χ0v) is 11.2. The van der Waals surface area contributed by atoms with Crippen LogP contribution in [0.2, 0.25) is 0 Å². The van der Waals surface area contributed by atoms with Crippen LogP contribution in [0.25, 0.3) is 0 Å². The van der Waals surface area contributed by atoms with Gasteiger partial charge in [0.15, 0.2) is 0 Å². The lowest BCUT2D eigenvalue weighted by Crippen LogP contribution is -2.22. The van der Waals surface area contributed by atoms with E-state index in [2.05, 4.69) is 16.9 Å². The van der Waals surface area contributed by atoms with Crippen molar-refractivity contribution in [3.05, 3.63) is 57.9 Å². The van der Waals surface area contributed by atoms with Crippen molar-refractivity contribution >= 4 is 0 Å². The van der Waals surface area contributed by atoms with Crippen molar-refractivity contribution in [2.45, 2.75) is 6.54 Å². The Bertz CT molecular complexity index is 711. The number of nitrogens with two attached hydrogens (primary N) is 1. The molecule has 5 heteroatoms. The first-order valence-corrected chi connectivity index (χ1v) is 6.13. The van der Waals surface area contributed by atoms with E-state index < -0.39 is 0 Å². The highest BCUT2D eigenvalue weighted by Crippen LogP contribution is 2.06. The summed E-state index contributed by atoms with van der Waals surface area (Å²) in [7, 11) is 1.51. The van der Waals surface area contributed by atoms with E-state index in [-0.39, 0.29) is 5.56 Å². The Labute approximate surface area is 117 Å². The van der Waals surface area contributed by atoms with Crippen LogP contribution in [0.1, 0.15) is 11.1 Å². The zero-order valence-electron chi connectivity index (χ0n) is 11.2. The SMILES string of the molecule is COc1ccc(=O)n(Cc2cccc(C#CCN)c2)n1. The molecule has 1 heterocycles. The van der Waals surface area contributed by atoms with Crippen LogP contribution in [0.5, 0.6) is 5.88 Å². The molecule has 2 rings (SSSR count). The lowest BCUT2D eigenvalue weighted by Gasteiger charge is -2.06. The summed E-state index contributed by atoms with van der Waals surface area (Å²) in [5.41, 5.74) is 6.98. The Morgan fingerprint density at radius 2 is 2.20 bits per heavy atom. The Kier molecular flexibility index (Phi) is 4.53. The number of hydrogen-bond acceptors (Lipinski definition) is 4. The van der Waals surface area contributed by atoms with Crippen molar-refractivity contribution in [2.75, 3.05) is 13.7 Å². The van der Waals surface area contributed by atoms with Crippen molar-refractivity contribution in [1.29, 1.82) is 0 Å². The second kappa shape index (κ2) is 6.55. The van der Waals surface area contributed by atoms with Crippen LogP contribution in [0.15, 0.2) is 41.2 Å². The summed E-state index contributed by atoms with van der Waals surface area (Å²) in [4.78, 5) is 11.7. The van der Waals surface area contributed by atoms with Crippen LogP contribution in [0.3, 0.4) is 0 Å². The smallest absolute Gasteiger partial charge is 0.267 e. The van der Waals surface area contributed by atoms with Crippen LogP contribution in [-0.2, 0) is 6.54 Å². The van der Waals surface area contributed by atoms with Crippen LogP contribution in [0.4, 0.5) is 0 Å². The van der Waals surface area contributed by atoms with E-state index in [0.717, 1.165) is 11.1 Å². The van der Waals surface area contributed by atoms with E-state index in [9.17, 15) is 4.79 Å². The fraction of sp³-hybridized carbons (Fsp3) is 0.200. The maximum Gasteiger partial charge on any atom is 0.267 e. The van der Waals surface area contributed by atoms with Gasteiger partial charge in [-0.2, -0.15) is 0 Å². The minimum absolute atomic E-state index is 0.177. The van der Waals surface area contributed by atoms with Gasteiger partial charge in [0.1, 0.15) is 0 Å². The van der Waals surface area contributed by atoms with Crippen molar-refractivity contribution in [2.24, 2.45) is 5.73 Å². The second-order valence-corrected chi connectivity index (χ2v) is 4.08. The molecule has 0 aliphatic heterocycles. The topological polar surface area (TPSA) is 70.1 Å². The molecule has 0 spiro atoms. The monoisotopic (exact) mass is 269 g/mol. The normalized spacial score (nSPS) is 9.70. The molecule has 0 radical (unpaired) electrons. The summed E-state index contributed by atoms with van der Waals surface area (Å²) >= 11 is 0. The van der Waals surface area contributed by atoms with E-state index in [4.69, 9.17) is 10.5 Å². The maximum atomic E-state index is 11.7. The van der Waals surface area contributed by atoms with Crippen LogP contribution in [0, 0.1) is 11.8 Å². The van der Waals surface area contributed by atoms with Crippen molar-refractivity contribution in [1.82, 2.24) is 9.78 Å². The van der Waals surface area contributed by atoms with E-state index in [0.29, 0.717) is 19.0 Å². The van der Waals surface area contributed by atoms with Crippen molar-refractivity contribution in [3.63, 3.8) is 0 Å². The van der Waals surface area contributed by atoms with E-state index in [1.807, 2.05) is 24.3 Å². The van der Waals surface area contributed by atoms with Gasteiger partial charge in [-0.05, 0) is 17.7 Å². The molecule has 0 saturated heterocycles. The zero-order chi connectivity index (χ0) is 14.4. The molecule has 0 bridgehead atoms. The Balaban J connectivity index is 2.28. The van der Waals surface area contributed by atoms with Gasteiger partial charge in [-0.1, -0.05) is 24.0 Å². The number of hydrogen-bond donors (Lipinski definition) is 1. The lowest BCUT2D eigenvalue weighted by atomic mass is 10.1. The molecule has 0 amide bonds. The van der Waals surface area contributed by atoms with Gasteiger partial charge in [-0.25, -0.2) is 4.68 Å². The number of ether oxygens (including phenoxy) is 1. The van der Waals surface area contributed by atoms with Gasteiger partial charge < -0.3 is 10.5 Å². The Morgan fingerprint density at radius 3 is 2.95 bits per heavy atom. The summed E-state index contributed by atoms with van der Waals surface area (Å²) in [6.45, 7) is 0.690. The highest BCUT2D eigenvalue weighted by molar-refractivity contribution is 5.37. The molecule has 0 aliphatic rings. The molecular formula is C15H15N3O2. The Morgan fingerprint density at radius 1 is 1.35 bits per heavy atom. The number of nitrogens with zero attached hydrogens (tertiary/aromatic N) is 2. The van der Waals surface area contributed by atoms with Gasteiger partial charge in [-0.15, -0.1) is 5.10 Å². The number of aromatic nitrogens is 2. The van der Waals surface area contributed by atoms with Gasteiger partial charge in [0.25, 0.3) is 5.56 Å². The number of rotatable bonds is 3. The molecule has 0 fully saturated rings. The molecule has 1 aromatic heterocycles. The summed E-state index contributed by atoms with van der Waals surface area (Å²) in [6.07, 6.45) is 0. The van der Waals surface area contributed by atoms with Crippen LogP contribution >= 0.6 is 0 Å².